The third-order valence-corrected chi connectivity index (χ3v) is 8.23. The van der Waals surface area contributed by atoms with E-state index in [0.717, 1.165) is 4.70 Å². The highest BCUT2D eigenvalue weighted by Gasteiger charge is 2.27. The van der Waals surface area contributed by atoms with Crippen LogP contribution in [-0.4, -0.2) is 68.7 Å². The number of nitrogens with two attached hydrogens (primary N) is 3. The second-order valence-electron chi connectivity index (χ2n) is 9.13. The maximum Gasteiger partial charge on any atom is 0.239 e. The second-order valence-corrected chi connectivity index (χ2v) is 11.9. The Balaban J connectivity index is 1.63. The lowest BCUT2D eigenvalue weighted by molar-refractivity contribution is -0.127. The van der Waals surface area contributed by atoms with Crippen LogP contribution in [0.3, 0.4) is 0 Å². The Morgan fingerprint density at radius 3 is 2.37 bits per heavy atom. The Morgan fingerprint density at radius 2 is 1.68 bits per heavy atom. The van der Waals surface area contributed by atoms with Gasteiger partial charge in [-0.2, -0.15) is 0 Å². The van der Waals surface area contributed by atoms with Gasteiger partial charge in [-0.05, 0) is 43.5 Å². The molecule has 2 aromatic carbocycles. The summed E-state index contributed by atoms with van der Waals surface area (Å²) >= 11 is 1.21. The van der Waals surface area contributed by atoms with Gasteiger partial charge in [-0.3, -0.25) is 19.4 Å². The molecule has 1 heterocycles. The van der Waals surface area contributed by atoms with Crippen LogP contribution in [0.25, 0.3) is 10.2 Å². The first-order chi connectivity index (χ1) is 19.6. The maximum absolute atomic E-state index is 13.3. The number of hydrogen-bond donors (Lipinski definition) is 6. The molecule has 0 spiro atoms. The molecule has 0 aliphatic carbocycles. The van der Waals surface area contributed by atoms with E-state index in [1.54, 1.807) is 36.4 Å². The van der Waals surface area contributed by atoms with Crippen LogP contribution in [0.4, 0.5) is 0 Å². The fourth-order valence-corrected chi connectivity index (χ4v) is 6.23. The van der Waals surface area contributed by atoms with Gasteiger partial charge in [-0.15, -0.1) is 11.3 Å². The van der Waals surface area contributed by atoms with Crippen LogP contribution in [0.2, 0.25) is 0 Å². The lowest BCUT2D eigenvalue weighted by atomic mass is 10.1. The van der Waals surface area contributed by atoms with Crippen molar-refractivity contribution in [1.82, 2.24) is 20.3 Å². The molecule has 41 heavy (non-hydrogen) atoms. The first-order valence-corrected chi connectivity index (χ1v) is 15.3. The Morgan fingerprint density at radius 1 is 0.976 bits per heavy atom. The van der Waals surface area contributed by atoms with Gasteiger partial charge >= 0.3 is 0 Å². The van der Waals surface area contributed by atoms with Gasteiger partial charge in [0.1, 0.15) is 6.04 Å². The number of fused-ring (bicyclic) bond motifs is 1. The summed E-state index contributed by atoms with van der Waals surface area (Å²) in [5.41, 5.74) is 17.5. The van der Waals surface area contributed by atoms with Crippen molar-refractivity contribution in [2.24, 2.45) is 22.2 Å². The van der Waals surface area contributed by atoms with E-state index >= 15 is 0 Å². The van der Waals surface area contributed by atoms with Gasteiger partial charge in [0.15, 0.2) is 11.0 Å². The van der Waals surface area contributed by atoms with E-state index in [0.29, 0.717) is 17.5 Å². The number of carbonyl (C=O) groups is 3. The molecule has 15 heteroatoms. The van der Waals surface area contributed by atoms with Crippen LogP contribution in [0, 0.1) is 0 Å². The summed E-state index contributed by atoms with van der Waals surface area (Å²) in [5, 5.41) is 5.31. The molecule has 1 aromatic heterocycles. The summed E-state index contributed by atoms with van der Waals surface area (Å²) in [6.07, 6.45) is 0.638. The first-order valence-electron chi connectivity index (χ1n) is 12.8. The van der Waals surface area contributed by atoms with Crippen molar-refractivity contribution in [3.8, 4) is 0 Å². The molecular weight excluding hydrogens is 568 g/mol. The van der Waals surface area contributed by atoms with Crippen molar-refractivity contribution in [1.29, 1.82) is 0 Å². The predicted molar refractivity (Wildman–Crippen MR) is 158 cm³/mol. The molecule has 0 bridgehead atoms. The molecule has 0 saturated carbocycles. The fraction of sp³-hybridized carbons (Fsp3) is 0.346. The summed E-state index contributed by atoms with van der Waals surface area (Å²) in [6, 6.07) is 13.7. The zero-order valence-corrected chi connectivity index (χ0v) is 23.9. The number of Topliss-reactive ketones (excluding diaryl/α,β-unsaturated/α-hetero) is 1. The number of sulfonamides is 1. The molecule has 3 aromatic rings. The molecule has 2 amide bonds. The average molecular weight is 603 g/mol. The predicted octanol–water partition coefficient (Wildman–Crippen LogP) is -0.0294. The zero-order valence-electron chi connectivity index (χ0n) is 22.3. The van der Waals surface area contributed by atoms with E-state index in [-0.39, 0.29) is 48.4 Å². The number of hydrogen-bond acceptors (Lipinski definition) is 9. The van der Waals surface area contributed by atoms with Gasteiger partial charge in [0.25, 0.3) is 0 Å². The summed E-state index contributed by atoms with van der Waals surface area (Å²) in [6.45, 7) is -0.201. The molecule has 9 N–H and O–H groups in total. The van der Waals surface area contributed by atoms with Crippen molar-refractivity contribution in [2.45, 2.75) is 37.1 Å². The summed E-state index contributed by atoms with van der Waals surface area (Å²) in [7, 11) is -3.88. The summed E-state index contributed by atoms with van der Waals surface area (Å²) in [5.74, 6) is -2.15. The molecule has 0 fully saturated rings. The number of aromatic nitrogens is 1. The van der Waals surface area contributed by atoms with E-state index in [2.05, 4.69) is 25.3 Å². The highest BCUT2D eigenvalue weighted by molar-refractivity contribution is 7.88. The quantitative estimate of drug-likeness (QED) is 0.0559. The van der Waals surface area contributed by atoms with Crippen LogP contribution in [0.15, 0.2) is 59.6 Å². The van der Waals surface area contributed by atoms with E-state index in [1.165, 1.54) is 11.3 Å². The number of ketones is 1. The topological polar surface area (TPSA) is 225 Å². The molecule has 13 nitrogen and oxygen atoms in total. The minimum atomic E-state index is -3.88. The van der Waals surface area contributed by atoms with Crippen molar-refractivity contribution in [3.05, 3.63) is 65.2 Å². The number of nitrogens with one attached hydrogen (secondary N) is 3. The maximum atomic E-state index is 13.3. The highest BCUT2D eigenvalue weighted by atomic mass is 32.2. The Kier molecular flexibility index (Phi) is 11.7. The minimum Gasteiger partial charge on any atom is -0.370 e. The molecule has 220 valence electrons. The van der Waals surface area contributed by atoms with Gasteiger partial charge in [0.05, 0.1) is 28.6 Å². The SMILES string of the molecule is NCC[C@@H](NS(=O)(=O)Cc1ccccc1)C(=O)NCC(=O)N[C@@H](CCCN=C(N)N)C(=O)c1nc2ccccc2s1. The smallest absolute Gasteiger partial charge is 0.239 e. The Hall–Kier alpha value is -3.92. The summed E-state index contributed by atoms with van der Waals surface area (Å²) < 4.78 is 28.5. The highest BCUT2D eigenvalue weighted by Crippen LogP contribution is 2.23. The van der Waals surface area contributed by atoms with Gasteiger partial charge in [-0.25, -0.2) is 18.1 Å². The van der Waals surface area contributed by atoms with Gasteiger partial charge in [0, 0.05) is 6.54 Å². The van der Waals surface area contributed by atoms with Gasteiger partial charge < -0.3 is 27.8 Å². The lowest BCUT2D eigenvalue weighted by Crippen LogP contribution is -2.51. The average Bonchev–Trinajstić information content (AvgIpc) is 3.37. The van der Waals surface area contributed by atoms with E-state index in [4.69, 9.17) is 17.2 Å². The number of thiazole rings is 1. The molecule has 0 saturated heterocycles. The second kappa shape index (κ2) is 15.2. The van der Waals surface area contributed by atoms with E-state index < -0.39 is 40.5 Å². The van der Waals surface area contributed by atoms with E-state index in [1.807, 2.05) is 18.2 Å². The third kappa shape index (κ3) is 10.2. The van der Waals surface area contributed by atoms with Crippen LogP contribution < -0.4 is 32.6 Å². The van der Waals surface area contributed by atoms with Crippen molar-refractivity contribution >= 4 is 55.1 Å². The van der Waals surface area contributed by atoms with Crippen LogP contribution in [0.5, 0.6) is 0 Å². The van der Waals surface area contributed by atoms with Crippen LogP contribution in [0.1, 0.15) is 34.6 Å². The van der Waals surface area contributed by atoms with Gasteiger partial charge in [-0.1, -0.05) is 42.5 Å². The summed E-state index contributed by atoms with van der Waals surface area (Å²) in [4.78, 5) is 47.2. The minimum absolute atomic E-state index is 0.0188. The van der Waals surface area contributed by atoms with Crippen molar-refractivity contribution < 1.29 is 22.8 Å². The molecule has 0 radical (unpaired) electrons. The number of amides is 2. The number of carbonyl (C=O) groups excluding carboxylic acids is 3. The van der Waals surface area contributed by atoms with Crippen LogP contribution >= 0.6 is 11.3 Å². The number of aliphatic imine (C=N–C) groups is 1. The van der Waals surface area contributed by atoms with Gasteiger partial charge in [0.2, 0.25) is 27.6 Å². The number of rotatable bonds is 16. The number of guanidine groups is 1. The lowest BCUT2D eigenvalue weighted by Gasteiger charge is -2.19. The Bertz CT molecular complexity index is 1440. The van der Waals surface area contributed by atoms with Crippen molar-refractivity contribution in [2.75, 3.05) is 19.6 Å². The van der Waals surface area contributed by atoms with Crippen LogP contribution in [-0.2, 0) is 25.4 Å². The third-order valence-electron chi connectivity index (χ3n) is 5.82. The monoisotopic (exact) mass is 602 g/mol. The molecule has 3 rings (SSSR count). The molecule has 0 aliphatic rings. The number of para-hydroxylation sites is 1. The Labute approximate surface area is 242 Å². The van der Waals surface area contributed by atoms with E-state index in [9.17, 15) is 22.8 Å². The fourth-order valence-electron chi connectivity index (χ4n) is 3.90. The zero-order chi connectivity index (χ0) is 29.8. The molecule has 0 unspecified atom stereocenters. The normalized spacial score (nSPS) is 12.8. The molecule has 0 aliphatic heterocycles. The standard InChI is InChI=1S/C26H34N8O5S2/c27-13-12-20(34-41(38,39)16-17-7-2-1-3-8-17)24(37)31-15-22(35)32-19(10-6-14-30-26(28)29)23(36)25-33-18-9-4-5-11-21(18)40-25/h1-5,7-9,11,19-20,34H,6,10,12-16,27H2,(H,31,37)(H,32,35)(H4,28,29,30)/t19-,20+/m0/s1. The van der Waals surface area contributed by atoms with Crippen molar-refractivity contribution in [3.63, 3.8) is 0 Å². The largest absolute Gasteiger partial charge is 0.370 e. The number of nitrogens with zero attached hydrogens (tertiary/aromatic N) is 2. The first kappa shape index (κ1) is 31.6. The molecule has 2 atom stereocenters. The molecular formula is C26H34N8O5S2. The number of benzene rings is 2.